The van der Waals surface area contributed by atoms with Crippen LogP contribution in [0.1, 0.15) is 11.3 Å². The predicted octanol–water partition coefficient (Wildman–Crippen LogP) is 4.11. The number of ether oxygens (including phenoxy) is 1. The molecule has 106 valence electrons. The van der Waals surface area contributed by atoms with E-state index in [1.165, 1.54) is 6.07 Å². The van der Waals surface area contributed by atoms with E-state index in [0.717, 1.165) is 10.5 Å². The van der Waals surface area contributed by atoms with Crippen LogP contribution < -0.4 is 10.5 Å². The first-order valence-electron chi connectivity index (χ1n) is 5.61. The van der Waals surface area contributed by atoms with Gasteiger partial charge in [0.2, 0.25) is 5.88 Å². The maximum Gasteiger partial charge on any atom is 0.433 e. The summed E-state index contributed by atoms with van der Waals surface area (Å²) in [5.41, 5.74) is 4.87. The van der Waals surface area contributed by atoms with Crippen LogP contribution in [0.25, 0.3) is 0 Å². The molecule has 0 aliphatic carbocycles. The molecule has 0 spiro atoms. The molecule has 7 heteroatoms. The van der Waals surface area contributed by atoms with Gasteiger partial charge in [-0.05, 0) is 24.3 Å². The molecule has 0 aliphatic rings. The zero-order valence-corrected chi connectivity index (χ0v) is 11.7. The fourth-order valence-corrected chi connectivity index (χ4v) is 1.89. The fraction of sp³-hybridized carbons (Fsp3) is 0.154. The molecule has 0 saturated heterocycles. The van der Waals surface area contributed by atoms with Crippen LogP contribution in [0.4, 0.5) is 13.2 Å². The second kappa shape index (κ2) is 5.80. The number of rotatable bonds is 3. The molecule has 0 atom stereocenters. The van der Waals surface area contributed by atoms with E-state index in [1.54, 1.807) is 24.3 Å². The van der Waals surface area contributed by atoms with Gasteiger partial charge >= 0.3 is 6.18 Å². The van der Waals surface area contributed by atoms with Gasteiger partial charge in [0, 0.05) is 16.6 Å². The van der Waals surface area contributed by atoms with Crippen molar-refractivity contribution >= 4 is 15.9 Å². The maximum atomic E-state index is 12.6. The van der Waals surface area contributed by atoms with Crippen LogP contribution in [0.3, 0.4) is 0 Å². The molecule has 0 unspecified atom stereocenters. The highest BCUT2D eigenvalue weighted by atomic mass is 79.9. The van der Waals surface area contributed by atoms with E-state index in [9.17, 15) is 13.2 Å². The van der Waals surface area contributed by atoms with Gasteiger partial charge in [-0.3, -0.25) is 0 Å². The first-order valence-corrected chi connectivity index (χ1v) is 6.40. The smallest absolute Gasteiger partial charge is 0.433 e. The Morgan fingerprint density at radius 3 is 2.55 bits per heavy atom. The van der Waals surface area contributed by atoms with E-state index >= 15 is 0 Å². The van der Waals surface area contributed by atoms with Crippen molar-refractivity contribution < 1.29 is 17.9 Å². The number of nitrogens with two attached hydrogens (primary N) is 1. The monoisotopic (exact) mass is 346 g/mol. The summed E-state index contributed by atoms with van der Waals surface area (Å²) < 4.78 is 44.1. The third kappa shape index (κ3) is 3.49. The lowest BCUT2D eigenvalue weighted by molar-refractivity contribution is -0.141. The first kappa shape index (κ1) is 14.8. The molecule has 1 heterocycles. The van der Waals surface area contributed by atoms with Gasteiger partial charge < -0.3 is 10.5 Å². The molecule has 0 saturated carbocycles. The zero-order valence-electron chi connectivity index (χ0n) is 10.1. The molecule has 2 aromatic rings. The van der Waals surface area contributed by atoms with Gasteiger partial charge in [0.25, 0.3) is 0 Å². The molecule has 0 fully saturated rings. The summed E-state index contributed by atoms with van der Waals surface area (Å²) in [6.07, 6.45) is -4.53. The van der Waals surface area contributed by atoms with Crippen molar-refractivity contribution in [3.8, 4) is 11.6 Å². The minimum atomic E-state index is -4.53. The van der Waals surface area contributed by atoms with Gasteiger partial charge in [-0.15, -0.1) is 0 Å². The SMILES string of the molecule is NCc1ccc(C(F)(F)F)nc1Oc1cccc(Br)c1. The Hall–Kier alpha value is -1.60. The van der Waals surface area contributed by atoms with Crippen molar-refractivity contribution in [2.24, 2.45) is 5.73 Å². The summed E-state index contributed by atoms with van der Waals surface area (Å²) in [4.78, 5) is 3.50. The number of benzene rings is 1. The zero-order chi connectivity index (χ0) is 14.8. The fourth-order valence-electron chi connectivity index (χ4n) is 1.51. The van der Waals surface area contributed by atoms with Gasteiger partial charge in [0.15, 0.2) is 0 Å². The lowest BCUT2D eigenvalue weighted by Crippen LogP contribution is -2.10. The quantitative estimate of drug-likeness (QED) is 0.909. The van der Waals surface area contributed by atoms with Gasteiger partial charge in [-0.1, -0.05) is 28.1 Å². The highest BCUT2D eigenvalue weighted by molar-refractivity contribution is 9.10. The van der Waals surface area contributed by atoms with Crippen molar-refractivity contribution in [3.63, 3.8) is 0 Å². The van der Waals surface area contributed by atoms with Gasteiger partial charge in [0.1, 0.15) is 11.4 Å². The van der Waals surface area contributed by atoms with Crippen molar-refractivity contribution in [1.82, 2.24) is 4.98 Å². The molecule has 1 aromatic heterocycles. The molecule has 3 nitrogen and oxygen atoms in total. The molecular weight excluding hydrogens is 337 g/mol. The Morgan fingerprint density at radius 2 is 1.95 bits per heavy atom. The Morgan fingerprint density at radius 1 is 1.20 bits per heavy atom. The average Bonchev–Trinajstić information content (AvgIpc) is 2.37. The molecule has 20 heavy (non-hydrogen) atoms. The molecule has 0 bridgehead atoms. The van der Waals surface area contributed by atoms with Crippen LogP contribution in [-0.4, -0.2) is 4.98 Å². The van der Waals surface area contributed by atoms with Crippen molar-refractivity contribution in [1.29, 1.82) is 0 Å². The first-order chi connectivity index (χ1) is 9.40. The van der Waals surface area contributed by atoms with Gasteiger partial charge in [0.05, 0.1) is 0 Å². The predicted molar refractivity (Wildman–Crippen MR) is 71.3 cm³/mol. The molecular formula is C13H10BrF3N2O. The maximum absolute atomic E-state index is 12.6. The molecule has 0 aliphatic heterocycles. The summed E-state index contributed by atoms with van der Waals surface area (Å²) in [5, 5.41) is 0. The number of nitrogens with zero attached hydrogens (tertiary/aromatic N) is 1. The van der Waals surface area contributed by atoms with Crippen LogP contribution in [0.5, 0.6) is 11.6 Å². The standard InChI is InChI=1S/C13H10BrF3N2O/c14-9-2-1-3-10(6-9)20-12-8(7-18)4-5-11(19-12)13(15,16)17/h1-6H,7,18H2. The van der Waals surface area contributed by atoms with Crippen LogP contribution in [-0.2, 0) is 12.7 Å². The summed E-state index contributed by atoms with van der Waals surface area (Å²) >= 11 is 3.25. The Balaban J connectivity index is 2.38. The lowest BCUT2D eigenvalue weighted by atomic mass is 10.2. The summed E-state index contributed by atoms with van der Waals surface area (Å²) in [5.74, 6) is 0.237. The van der Waals surface area contributed by atoms with E-state index in [2.05, 4.69) is 20.9 Å². The van der Waals surface area contributed by atoms with E-state index in [1.807, 2.05) is 0 Å². The van der Waals surface area contributed by atoms with Gasteiger partial charge in [-0.2, -0.15) is 13.2 Å². The topological polar surface area (TPSA) is 48.1 Å². The Kier molecular flexibility index (Phi) is 4.29. The molecule has 2 N–H and O–H groups in total. The van der Waals surface area contributed by atoms with E-state index in [-0.39, 0.29) is 12.4 Å². The molecule has 1 aromatic carbocycles. The number of hydrogen-bond donors (Lipinski definition) is 1. The average molecular weight is 347 g/mol. The highest BCUT2D eigenvalue weighted by Crippen LogP contribution is 2.32. The minimum absolute atomic E-state index is 0.0362. The van der Waals surface area contributed by atoms with E-state index in [0.29, 0.717) is 11.3 Å². The van der Waals surface area contributed by atoms with E-state index in [4.69, 9.17) is 10.5 Å². The Bertz CT molecular complexity index is 617. The van der Waals surface area contributed by atoms with Gasteiger partial charge in [-0.25, -0.2) is 4.98 Å². The highest BCUT2D eigenvalue weighted by Gasteiger charge is 2.33. The minimum Gasteiger partial charge on any atom is -0.439 e. The van der Waals surface area contributed by atoms with Crippen molar-refractivity contribution in [3.05, 3.63) is 52.1 Å². The summed E-state index contributed by atoms with van der Waals surface area (Å²) in [6.45, 7) is 0.0362. The van der Waals surface area contributed by atoms with Crippen LogP contribution >= 0.6 is 15.9 Å². The number of pyridine rings is 1. The van der Waals surface area contributed by atoms with Crippen LogP contribution in [0, 0.1) is 0 Å². The lowest BCUT2D eigenvalue weighted by Gasteiger charge is -2.12. The van der Waals surface area contributed by atoms with Crippen LogP contribution in [0.15, 0.2) is 40.9 Å². The number of hydrogen-bond acceptors (Lipinski definition) is 3. The second-order valence-corrected chi connectivity index (χ2v) is 4.84. The normalized spacial score (nSPS) is 11.4. The molecule has 0 amide bonds. The number of halogens is 4. The Labute approximate surface area is 121 Å². The third-order valence-corrected chi connectivity index (χ3v) is 2.95. The van der Waals surface area contributed by atoms with E-state index < -0.39 is 11.9 Å². The molecule has 2 rings (SSSR count). The largest absolute Gasteiger partial charge is 0.439 e. The van der Waals surface area contributed by atoms with Crippen LogP contribution in [0.2, 0.25) is 0 Å². The summed E-state index contributed by atoms with van der Waals surface area (Å²) in [6, 6.07) is 8.87. The number of alkyl halides is 3. The third-order valence-electron chi connectivity index (χ3n) is 2.46. The number of aromatic nitrogens is 1. The second-order valence-electron chi connectivity index (χ2n) is 3.92. The molecule has 0 radical (unpaired) electrons. The van der Waals surface area contributed by atoms with Crippen molar-refractivity contribution in [2.45, 2.75) is 12.7 Å². The van der Waals surface area contributed by atoms with Crippen molar-refractivity contribution in [2.75, 3.05) is 0 Å². The summed E-state index contributed by atoms with van der Waals surface area (Å²) in [7, 11) is 0.